The number of hydrogen-bond donors (Lipinski definition) is 6. The summed E-state index contributed by atoms with van der Waals surface area (Å²) in [6.45, 7) is 0.561. The third kappa shape index (κ3) is 3.94. The van der Waals surface area contributed by atoms with E-state index in [0.717, 1.165) is 29.5 Å². The smallest absolute Gasteiger partial charge is 0.255 e. The summed E-state index contributed by atoms with van der Waals surface area (Å²) in [5.41, 5.74) is 10.8. The van der Waals surface area contributed by atoms with E-state index in [-0.39, 0.29) is 29.7 Å². The van der Waals surface area contributed by atoms with Crippen LogP contribution in [0.25, 0.3) is 16.9 Å². The highest BCUT2D eigenvalue weighted by Crippen LogP contribution is 2.53. The normalized spacial score (nSPS) is 26.1. The largest absolute Gasteiger partial charge is 0.508 e. The zero-order chi connectivity index (χ0) is 29.1. The van der Waals surface area contributed by atoms with Gasteiger partial charge in [-0.25, -0.2) is 0 Å². The predicted octanol–water partition coefficient (Wildman–Crippen LogP) is 1.52. The van der Waals surface area contributed by atoms with Crippen molar-refractivity contribution in [2.45, 2.75) is 37.3 Å². The molecule has 3 aliphatic carbocycles. The van der Waals surface area contributed by atoms with Crippen LogP contribution in [-0.2, 0) is 27.2 Å². The Hall–Kier alpha value is -3.99. The van der Waals surface area contributed by atoms with Crippen molar-refractivity contribution in [3.8, 4) is 16.9 Å². The molecule has 0 heterocycles. The first-order valence-corrected chi connectivity index (χ1v) is 13.2. The average molecular weight is 548 g/mol. The average Bonchev–Trinajstić information content (AvgIpc) is 2.89. The standard InChI is InChI=1S/C30H33N3O7/c1-33(2)24-19-13-16-12-18-17(15-7-3-5-14(11-15)6-4-10-31)8-9-20(34)22(18)25(35)21(16)27(37)30(19,40)28(38)23(26(24)36)29(32)39/h3,5,7-9,11,16,19,24,34-35,38,40H,4,6,10,12-13,31H2,1-2H3,(H2,32,39)/t16-,19-,24-,30-/m0/s1. The lowest BCUT2D eigenvalue weighted by atomic mass is 9.57. The molecule has 40 heavy (non-hydrogen) atoms. The van der Waals surface area contributed by atoms with Crippen LogP contribution >= 0.6 is 0 Å². The highest BCUT2D eigenvalue weighted by atomic mass is 16.3. The van der Waals surface area contributed by atoms with Gasteiger partial charge in [0.05, 0.1) is 11.6 Å². The summed E-state index contributed by atoms with van der Waals surface area (Å²) >= 11 is 0. The van der Waals surface area contributed by atoms with E-state index in [1.807, 2.05) is 24.3 Å². The van der Waals surface area contributed by atoms with E-state index >= 15 is 0 Å². The molecule has 0 aromatic heterocycles. The van der Waals surface area contributed by atoms with Gasteiger partial charge in [0.25, 0.3) is 5.91 Å². The molecule has 4 atom stereocenters. The van der Waals surface area contributed by atoms with Gasteiger partial charge >= 0.3 is 0 Å². The van der Waals surface area contributed by atoms with Crippen LogP contribution in [0.5, 0.6) is 5.75 Å². The van der Waals surface area contributed by atoms with Crippen molar-refractivity contribution in [3.63, 3.8) is 0 Å². The summed E-state index contributed by atoms with van der Waals surface area (Å²) in [5.74, 6) is -6.67. The molecule has 0 saturated heterocycles. The van der Waals surface area contributed by atoms with Crippen molar-refractivity contribution < 1.29 is 34.8 Å². The molecule has 0 spiro atoms. The number of carbonyl (C=O) groups excluding carboxylic acids is 3. The number of hydrogen-bond acceptors (Lipinski definition) is 9. The highest BCUT2D eigenvalue weighted by Gasteiger charge is 2.64. The maximum atomic E-state index is 14.0. The van der Waals surface area contributed by atoms with Crippen LogP contribution in [0, 0.1) is 11.8 Å². The molecule has 5 rings (SSSR count). The molecule has 8 N–H and O–H groups in total. The number of amides is 1. The first-order chi connectivity index (χ1) is 18.9. The molecule has 210 valence electrons. The number of aryl methyl sites for hydroxylation is 1. The first kappa shape index (κ1) is 27.6. The van der Waals surface area contributed by atoms with Crippen molar-refractivity contribution in [1.29, 1.82) is 0 Å². The molecular formula is C30H33N3O7. The Morgan fingerprint density at radius 2 is 1.85 bits per heavy atom. The second-order valence-electron chi connectivity index (χ2n) is 11.0. The lowest BCUT2D eigenvalue weighted by Crippen LogP contribution is -2.65. The SMILES string of the molecule is CN(C)[C@@H]1C(=O)C(C(N)=O)=C(O)[C@@]2(O)C(=O)C3=C(O)c4c(O)ccc(-c5cccc(CCCN)c5)c4C[C@H]3C[C@@H]12. The minimum absolute atomic E-state index is 0.0391. The zero-order valence-corrected chi connectivity index (χ0v) is 22.3. The monoisotopic (exact) mass is 547 g/mol. The van der Waals surface area contributed by atoms with Gasteiger partial charge in [-0.1, -0.05) is 30.3 Å². The minimum Gasteiger partial charge on any atom is -0.508 e. The molecule has 2 aromatic carbocycles. The second kappa shape index (κ2) is 9.88. The number of carbonyl (C=O) groups is 3. The number of rotatable bonds is 6. The summed E-state index contributed by atoms with van der Waals surface area (Å²) in [6.07, 6.45) is 1.88. The fraction of sp³-hybridized carbons (Fsp3) is 0.367. The van der Waals surface area contributed by atoms with Gasteiger partial charge in [-0.2, -0.15) is 0 Å². The van der Waals surface area contributed by atoms with Crippen LogP contribution in [0.2, 0.25) is 0 Å². The Kier molecular flexibility index (Phi) is 6.81. The maximum Gasteiger partial charge on any atom is 0.255 e. The predicted molar refractivity (Wildman–Crippen MR) is 147 cm³/mol. The Balaban J connectivity index is 1.69. The summed E-state index contributed by atoms with van der Waals surface area (Å²) in [4.78, 5) is 40.8. The quantitative estimate of drug-likeness (QED) is 0.291. The Labute approximate surface area is 231 Å². The molecule has 3 aliphatic rings. The molecule has 0 bridgehead atoms. The van der Waals surface area contributed by atoms with Crippen molar-refractivity contribution in [2.24, 2.45) is 23.3 Å². The molecule has 1 fully saturated rings. The topological polar surface area (TPSA) is 187 Å². The van der Waals surface area contributed by atoms with Crippen LogP contribution < -0.4 is 11.5 Å². The van der Waals surface area contributed by atoms with Crippen molar-refractivity contribution in [1.82, 2.24) is 4.90 Å². The fourth-order valence-corrected chi connectivity index (χ4v) is 6.72. The molecule has 0 radical (unpaired) electrons. The molecule has 10 nitrogen and oxygen atoms in total. The van der Waals surface area contributed by atoms with Crippen LogP contribution in [0.3, 0.4) is 0 Å². The van der Waals surface area contributed by atoms with Gasteiger partial charge in [0.15, 0.2) is 11.4 Å². The number of nitrogens with two attached hydrogens (primary N) is 2. The highest BCUT2D eigenvalue weighted by molar-refractivity contribution is 6.24. The molecule has 10 heteroatoms. The van der Waals surface area contributed by atoms with Gasteiger partial charge in [0, 0.05) is 11.5 Å². The first-order valence-electron chi connectivity index (χ1n) is 13.2. The van der Waals surface area contributed by atoms with Gasteiger partial charge < -0.3 is 31.9 Å². The number of phenolic OH excluding ortho intramolecular Hbond substituents is 1. The number of fused-ring (bicyclic) bond motifs is 3. The van der Waals surface area contributed by atoms with Crippen LogP contribution in [-0.4, -0.2) is 75.1 Å². The third-order valence-corrected chi connectivity index (χ3v) is 8.51. The summed E-state index contributed by atoms with van der Waals surface area (Å²) < 4.78 is 0. The zero-order valence-electron chi connectivity index (χ0n) is 22.3. The number of phenols is 1. The van der Waals surface area contributed by atoms with E-state index in [9.17, 15) is 34.8 Å². The van der Waals surface area contributed by atoms with Crippen molar-refractivity contribution in [2.75, 3.05) is 20.6 Å². The molecule has 1 amide bonds. The fourth-order valence-electron chi connectivity index (χ4n) is 6.72. The van der Waals surface area contributed by atoms with Gasteiger partial charge in [-0.3, -0.25) is 19.3 Å². The van der Waals surface area contributed by atoms with Crippen molar-refractivity contribution in [3.05, 3.63) is 70.0 Å². The summed E-state index contributed by atoms with van der Waals surface area (Å²) in [6, 6.07) is 9.96. The van der Waals surface area contributed by atoms with E-state index < -0.39 is 58.0 Å². The van der Waals surface area contributed by atoms with Crippen LogP contribution in [0.15, 0.2) is 53.3 Å². The number of ketones is 2. The Bertz CT molecular complexity index is 1510. The van der Waals surface area contributed by atoms with Gasteiger partial charge in [-0.15, -0.1) is 0 Å². The molecule has 1 saturated carbocycles. The third-order valence-electron chi connectivity index (χ3n) is 8.51. The number of aliphatic hydroxyl groups is 3. The van der Waals surface area contributed by atoms with Gasteiger partial charge in [-0.05, 0) is 80.6 Å². The number of benzene rings is 2. The van der Waals surface area contributed by atoms with E-state index in [2.05, 4.69) is 0 Å². The van der Waals surface area contributed by atoms with E-state index in [1.165, 1.54) is 11.0 Å². The molecule has 0 aliphatic heterocycles. The number of nitrogens with zero attached hydrogens (tertiary/aromatic N) is 1. The Morgan fingerprint density at radius 1 is 1.12 bits per heavy atom. The van der Waals surface area contributed by atoms with E-state index in [0.29, 0.717) is 12.1 Å². The lowest BCUT2D eigenvalue weighted by Gasteiger charge is -2.50. The van der Waals surface area contributed by atoms with Crippen LogP contribution in [0.4, 0.5) is 0 Å². The van der Waals surface area contributed by atoms with Crippen LogP contribution in [0.1, 0.15) is 29.5 Å². The number of primary amides is 1. The number of aliphatic hydroxyl groups excluding tert-OH is 2. The lowest BCUT2D eigenvalue weighted by molar-refractivity contribution is -0.153. The van der Waals surface area contributed by atoms with Gasteiger partial charge in [0.1, 0.15) is 22.8 Å². The maximum absolute atomic E-state index is 14.0. The van der Waals surface area contributed by atoms with E-state index in [1.54, 1.807) is 20.2 Å². The number of likely N-dealkylation sites (N-methyl/N-ethyl adjacent to an activating group) is 1. The summed E-state index contributed by atoms with van der Waals surface area (Å²) in [7, 11) is 3.14. The second-order valence-corrected chi connectivity index (χ2v) is 11.0. The number of Topliss-reactive ketones (excluding diaryl/α,β-unsaturated/α-hetero) is 2. The molecule has 0 unspecified atom stereocenters. The minimum atomic E-state index is -2.66. The van der Waals surface area contributed by atoms with E-state index in [4.69, 9.17) is 11.5 Å². The van der Waals surface area contributed by atoms with Gasteiger partial charge in [0.2, 0.25) is 5.78 Å². The van der Waals surface area contributed by atoms with Crippen molar-refractivity contribution >= 4 is 23.2 Å². The molecule has 2 aromatic rings. The summed E-state index contributed by atoms with van der Waals surface area (Å²) in [5, 5.41) is 44.9. The molecular weight excluding hydrogens is 514 g/mol. The number of aromatic hydroxyl groups is 1. The Morgan fingerprint density at radius 3 is 2.50 bits per heavy atom.